The van der Waals surface area contributed by atoms with E-state index >= 15 is 0 Å². The monoisotopic (exact) mass is 334 g/mol. The van der Waals surface area contributed by atoms with E-state index in [9.17, 15) is 18.3 Å². The second-order valence-electron chi connectivity index (χ2n) is 5.88. The van der Waals surface area contributed by atoms with Crippen molar-refractivity contribution in [2.75, 3.05) is 0 Å². The minimum absolute atomic E-state index is 0.0156. The maximum Gasteiger partial charge on any atom is 0.324 e. The number of rotatable bonds is 4. The highest BCUT2D eigenvalue weighted by molar-refractivity contribution is 7.89. The van der Waals surface area contributed by atoms with Gasteiger partial charge in [-0.05, 0) is 25.0 Å². The maximum atomic E-state index is 12.8. The van der Waals surface area contributed by atoms with Gasteiger partial charge in [-0.25, -0.2) is 8.42 Å². The molecule has 0 spiro atoms. The van der Waals surface area contributed by atoms with Gasteiger partial charge in [0, 0.05) is 11.6 Å². The van der Waals surface area contributed by atoms with Gasteiger partial charge in [0.1, 0.15) is 10.4 Å². The molecule has 0 bridgehead atoms. The van der Waals surface area contributed by atoms with Crippen LogP contribution in [0.25, 0.3) is 10.9 Å². The van der Waals surface area contributed by atoms with Crippen molar-refractivity contribution in [3.8, 4) is 0 Å². The van der Waals surface area contributed by atoms with Crippen molar-refractivity contribution in [1.82, 2.24) is 9.71 Å². The van der Waals surface area contributed by atoms with E-state index in [2.05, 4.69) is 9.71 Å². The Morgan fingerprint density at radius 3 is 2.52 bits per heavy atom. The summed E-state index contributed by atoms with van der Waals surface area (Å²) in [6.07, 6.45) is 4.45. The summed E-state index contributed by atoms with van der Waals surface area (Å²) in [6, 6.07) is 8.36. The molecule has 0 radical (unpaired) electrons. The summed E-state index contributed by atoms with van der Waals surface area (Å²) in [6.45, 7) is 0. The number of nitrogens with one attached hydrogen (secondary N) is 1. The Morgan fingerprint density at radius 2 is 1.83 bits per heavy atom. The van der Waals surface area contributed by atoms with Crippen molar-refractivity contribution in [2.24, 2.45) is 0 Å². The zero-order chi connectivity index (χ0) is 16.5. The molecule has 6 nitrogen and oxygen atoms in total. The molecule has 0 unspecified atom stereocenters. The molecule has 23 heavy (non-hydrogen) atoms. The predicted molar refractivity (Wildman–Crippen MR) is 85.5 cm³/mol. The molecule has 1 saturated carbocycles. The number of nitrogens with zero attached hydrogens (tertiary/aromatic N) is 1. The molecule has 0 amide bonds. The highest BCUT2D eigenvalue weighted by Crippen LogP contribution is 2.31. The topological polar surface area (TPSA) is 96.4 Å². The summed E-state index contributed by atoms with van der Waals surface area (Å²) >= 11 is 0. The number of para-hydroxylation sites is 1. The zero-order valence-corrected chi connectivity index (χ0v) is 13.3. The summed E-state index contributed by atoms with van der Waals surface area (Å²) in [4.78, 5) is 15.9. The lowest BCUT2D eigenvalue weighted by molar-refractivity contribution is -0.145. The van der Waals surface area contributed by atoms with Crippen molar-refractivity contribution in [3.05, 3.63) is 36.5 Å². The van der Waals surface area contributed by atoms with Gasteiger partial charge in [0.2, 0.25) is 10.0 Å². The number of hydrogen-bond acceptors (Lipinski definition) is 4. The SMILES string of the molecule is O=C(O)C1(NS(=O)(=O)c2cccc3cccnc23)CCCCC1. The average molecular weight is 334 g/mol. The van der Waals surface area contributed by atoms with Gasteiger partial charge in [-0.15, -0.1) is 0 Å². The molecule has 1 aromatic heterocycles. The van der Waals surface area contributed by atoms with Gasteiger partial charge in [0.25, 0.3) is 0 Å². The van der Waals surface area contributed by atoms with Crippen LogP contribution in [-0.4, -0.2) is 30.0 Å². The number of carbonyl (C=O) groups is 1. The lowest BCUT2D eigenvalue weighted by Crippen LogP contribution is -2.55. The normalized spacial score (nSPS) is 17.9. The summed E-state index contributed by atoms with van der Waals surface area (Å²) in [5.41, 5.74) is -1.08. The highest BCUT2D eigenvalue weighted by atomic mass is 32.2. The smallest absolute Gasteiger partial charge is 0.324 e. The van der Waals surface area contributed by atoms with E-state index in [1.165, 1.54) is 12.3 Å². The Labute approximate surface area is 134 Å². The second-order valence-corrected chi connectivity index (χ2v) is 7.54. The van der Waals surface area contributed by atoms with E-state index in [0.29, 0.717) is 36.6 Å². The number of fused-ring (bicyclic) bond motifs is 1. The summed E-state index contributed by atoms with van der Waals surface area (Å²) in [5.74, 6) is -1.12. The van der Waals surface area contributed by atoms with E-state index in [1.54, 1.807) is 24.3 Å². The number of aliphatic carboxylic acids is 1. The minimum atomic E-state index is -3.98. The number of hydrogen-bond donors (Lipinski definition) is 2. The predicted octanol–water partition coefficient (Wildman–Crippen LogP) is 2.30. The molecule has 0 aliphatic heterocycles. The Bertz CT molecular complexity index is 837. The fourth-order valence-electron chi connectivity index (χ4n) is 3.12. The van der Waals surface area contributed by atoms with Crippen LogP contribution in [0.1, 0.15) is 32.1 Å². The van der Waals surface area contributed by atoms with E-state index in [0.717, 1.165) is 6.42 Å². The Morgan fingerprint density at radius 1 is 1.13 bits per heavy atom. The van der Waals surface area contributed by atoms with Crippen molar-refractivity contribution in [1.29, 1.82) is 0 Å². The Kier molecular flexibility index (Phi) is 4.08. The number of carboxylic acid groups (broad SMARTS) is 1. The van der Waals surface area contributed by atoms with Crippen molar-refractivity contribution in [2.45, 2.75) is 42.5 Å². The fourth-order valence-corrected chi connectivity index (χ4v) is 4.72. The van der Waals surface area contributed by atoms with E-state index in [-0.39, 0.29) is 4.90 Å². The first kappa shape index (κ1) is 15.9. The lowest BCUT2D eigenvalue weighted by Gasteiger charge is -2.33. The highest BCUT2D eigenvalue weighted by Gasteiger charge is 2.43. The van der Waals surface area contributed by atoms with Crippen molar-refractivity contribution in [3.63, 3.8) is 0 Å². The van der Waals surface area contributed by atoms with E-state index in [4.69, 9.17) is 0 Å². The van der Waals surface area contributed by atoms with Crippen molar-refractivity contribution >= 4 is 26.9 Å². The number of pyridine rings is 1. The van der Waals surface area contributed by atoms with E-state index in [1.807, 2.05) is 0 Å². The molecule has 7 heteroatoms. The molecule has 0 saturated heterocycles. The molecule has 122 valence electrons. The maximum absolute atomic E-state index is 12.8. The lowest BCUT2D eigenvalue weighted by atomic mass is 9.83. The van der Waals surface area contributed by atoms with Crippen LogP contribution in [0, 0.1) is 0 Å². The van der Waals surface area contributed by atoms with Gasteiger partial charge in [-0.3, -0.25) is 9.78 Å². The van der Waals surface area contributed by atoms with Crippen LogP contribution in [-0.2, 0) is 14.8 Å². The fraction of sp³-hybridized carbons (Fsp3) is 0.375. The summed E-state index contributed by atoms with van der Waals surface area (Å²) in [5, 5.41) is 10.3. The van der Waals surface area contributed by atoms with Crippen LogP contribution in [0.3, 0.4) is 0 Å². The first-order valence-electron chi connectivity index (χ1n) is 7.56. The average Bonchev–Trinajstić information content (AvgIpc) is 2.54. The summed E-state index contributed by atoms with van der Waals surface area (Å²) < 4.78 is 28.1. The number of sulfonamides is 1. The molecular weight excluding hydrogens is 316 g/mol. The minimum Gasteiger partial charge on any atom is -0.480 e. The van der Waals surface area contributed by atoms with Crippen LogP contribution < -0.4 is 4.72 Å². The number of benzene rings is 1. The van der Waals surface area contributed by atoms with Crippen molar-refractivity contribution < 1.29 is 18.3 Å². The van der Waals surface area contributed by atoms with E-state index < -0.39 is 21.5 Å². The molecule has 2 N–H and O–H groups in total. The largest absolute Gasteiger partial charge is 0.480 e. The quantitative estimate of drug-likeness (QED) is 0.894. The third-order valence-electron chi connectivity index (χ3n) is 4.33. The molecule has 0 atom stereocenters. The molecule has 1 heterocycles. The molecule has 1 aromatic carbocycles. The third kappa shape index (κ3) is 2.94. The Hall–Kier alpha value is -1.99. The zero-order valence-electron chi connectivity index (χ0n) is 12.5. The molecule has 1 fully saturated rings. The molecule has 3 rings (SSSR count). The van der Waals surface area contributed by atoms with Gasteiger partial charge >= 0.3 is 5.97 Å². The van der Waals surface area contributed by atoms with Gasteiger partial charge in [0.05, 0.1) is 5.52 Å². The van der Waals surface area contributed by atoms with Crippen LogP contribution in [0.5, 0.6) is 0 Å². The summed E-state index contributed by atoms with van der Waals surface area (Å²) in [7, 11) is -3.98. The van der Waals surface area contributed by atoms with Gasteiger partial charge in [-0.2, -0.15) is 4.72 Å². The number of aromatic nitrogens is 1. The first-order chi connectivity index (χ1) is 10.9. The van der Waals surface area contributed by atoms with Gasteiger partial charge in [-0.1, -0.05) is 37.5 Å². The van der Waals surface area contributed by atoms with Crippen LogP contribution in [0.15, 0.2) is 41.4 Å². The standard InChI is InChI=1S/C16H18N2O4S/c19-15(20)16(9-2-1-3-10-16)18-23(21,22)13-8-4-6-12-7-5-11-17-14(12)13/h4-8,11,18H,1-3,9-10H2,(H,19,20). The first-order valence-corrected chi connectivity index (χ1v) is 9.04. The molecule has 1 aliphatic rings. The molecule has 2 aromatic rings. The second kappa shape index (κ2) is 5.90. The molecule has 1 aliphatic carbocycles. The molecular formula is C16H18N2O4S. The van der Waals surface area contributed by atoms with Gasteiger partial charge in [0.15, 0.2) is 0 Å². The van der Waals surface area contributed by atoms with Crippen LogP contribution in [0.4, 0.5) is 0 Å². The van der Waals surface area contributed by atoms with Crippen LogP contribution >= 0.6 is 0 Å². The van der Waals surface area contributed by atoms with Crippen LogP contribution in [0.2, 0.25) is 0 Å². The van der Waals surface area contributed by atoms with Gasteiger partial charge < -0.3 is 5.11 Å². The Balaban J connectivity index is 2.05. The number of carboxylic acids is 1. The third-order valence-corrected chi connectivity index (χ3v) is 5.90.